The molecule has 8 heteroatoms. The lowest BCUT2D eigenvalue weighted by molar-refractivity contribution is 0.0768. The number of hydrogen-bond donors (Lipinski definition) is 2. The van der Waals surface area contributed by atoms with Gasteiger partial charge in [0.1, 0.15) is 17.2 Å². The number of benzene rings is 1. The topological polar surface area (TPSA) is 78.9 Å². The van der Waals surface area contributed by atoms with Crippen molar-refractivity contribution in [2.45, 2.75) is 13.3 Å². The molecule has 0 bridgehead atoms. The SMILES string of the molecule is CCCN(CC(N)=NO)C(=O)c1c(F)cc(Br)cc1F. The highest BCUT2D eigenvalue weighted by Crippen LogP contribution is 2.21. The van der Waals surface area contributed by atoms with E-state index in [9.17, 15) is 13.6 Å². The van der Waals surface area contributed by atoms with Gasteiger partial charge in [-0.05, 0) is 18.6 Å². The molecule has 0 saturated heterocycles. The zero-order valence-corrected chi connectivity index (χ0v) is 12.3. The lowest BCUT2D eigenvalue weighted by Crippen LogP contribution is -2.39. The number of nitrogens with two attached hydrogens (primary N) is 1. The van der Waals surface area contributed by atoms with Gasteiger partial charge in [-0.25, -0.2) is 8.78 Å². The first-order valence-electron chi connectivity index (χ1n) is 5.80. The van der Waals surface area contributed by atoms with Gasteiger partial charge in [-0.1, -0.05) is 28.0 Å². The highest BCUT2D eigenvalue weighted by molar-refractivity contribution is 9.10. The number of nitrogens with zero attached hydrogens (tertiary/aromatic N) is 2. The first-order valence-corrected chi connectivity index (χ1v) is 6.60. The van der Waals surface area contributed by atoms with Gasteiger partial charge in [0, 0.05) is 11.0 Å². The monoisotopic (exact) mass is 349 g/mol. The molecule has 20 heavy (non-hydrogen) atoms. The normalized spacial score (nSPS) is 11.5. The molecule has 0 heterocycles. The van der Waals surface area contributed by atoms with E-state index in [2.05, 4.69) is 21.1 Å². The highest BCUT2D eigenvalue weighted by atomic mass is 79.9. The van der Waals surface area contributed by atoms with Crippen molar-refractivity contribution in [2.75, 3.05) is 13.1 Å². The molecule has 0 spiro atoms. The van der Waals surface area contributed by atoms with Gasteiger partial charge in [0.15, 0.2) is 5.84 Å². The fourth-order valence-corrected chi connectivity index (χ4v) is 2.06. The molecule has 0 fully saturated rings. The molecular weight excluding hydrogens is 336 g/mol. The van der Waals surface area contributed by atoms with Crippen molar-refractivity contribution in [3.63, 3.8) is 0 Å². The molecule has 1 aromatic rings. The van der Waals surface area contributed by atoms with E-state index in [1.54, 1.807) is 6.92 Å². The largest absolute Gasteiger partial charge is 0.409 e. The van der Waals surface area contributed by atoms with Crippen molar-refractivity contribution in [1.29, 1.82) is 0 Å². The molecule has 0 saturated carbocycles. The molecule has 1 amide bonds. The number of hydrogen-bond acceptors (Lipinski definition) is 3. The minimum atomic E-state index is -0.970. The molecule has 110 valence electrons. The lowest BCUT2D eigenvalue weighted by atomic mass is 10.1. The first-order chi connectivity index (χ1) is 9.40. The maximum Gasteiger partial charge on any atom is 0.260 e. The fraction of sp³-hybridized carbons (Fsp3) is 0.333. The van der Waals surface area contributed by atoms with E-state index in [1.165, 1.54) is 0 Å². The molecule has 0 aliphatic rings. The zero-order chi connectivity index (χ0) is 15.3. The third kappa shape index (κ3) is 3.89. The Labute approximate surface area is 123 Å². The van der Waals surface area contributed by atoms with Crippen molar-refractivity contribution in [1.82, 2.24) is 4.90 Å². The Morgan fingerprint density at radius 1 is 1.45 bits per heavy atom. The third-order valence-corrected chi connectivity index (χ3v) is 2.94. The fourth-order valence-electron chi connectivity index (χ4n) is 1.65. The number of rotatable bonds is 5. The summed E-state index contributed by atoms with van der Waals surface area (Å²) in [7, 11) is 0. The summed E-state index contributed by atoms with van der Waals surface area (Å²) >= 11 is 2.94. The smallest absolute Gasteiger partial charge is 0.260 e. The molecule has 1 rings (SSSR count). The molecule has 0 aliphatic heterocycles. The van der Waals surface area contributed by atoms with Crippen molar-refractivity contribution in [2.24, 2.45) is 10.9 Å². The summed E-state index contributed by atoms with van der Waals surface area (Å²) in [4.78, 5) is 13.3. The van der Waals surface area contributed by atoms with Crippen molar-refractivity contribution >= 4 is 27.7 Å². The van der Waals surface area contributed by atoms with E-state index in [0.29, 0.717) is 6.42 Å². The first kappa shape index (κ1) is 16.4. The Morgan fingerprint density at radius 2 is 2.00 bits per heavy atom. The average Bonchev–Trinajstić information content (AvgIpc) is 2.36. The van der Waals surface area contributed by atoms with Crippen molar-refractivity contribution in [3.8, 4) is 0 Å². The van der Waals surface area contributed by atoms with Gasteiger partial charge in [-0.2, -0.15) is 0 Å². The second-order valence-corrected chi connectivity index (χ2v) is 4.98. The Hall–Kier alpha value is -1.70. The van der Waals surface area contributed by atoms with Gasteiger partial charge >= 0.3 is 0 Å². The van der Waals surface area contributed by atoms with Crippen LogP contribution >= 0.6 is 15.9 Å². The van der Waals surface area contributed by atoms with Crippen LogP contribution in [0.25, 0.3) is 0 Å². The van der Waals surface area contributed by atoms with Crippen LogP contribution in [0, 0.1) is 11.6 Å². The minimum Gasteiger partial charge on any atom is -0.409 e. The van der Waals surface area contributed by atoms with E-state index < -0.39 is 23.1 Å². The van der Waals surface area contributed by atoms with Crippen LogP contribution in [0.3, 0.4) is 0 Å². The Morgan fingerprint density at radius 3 is 2.45 bits per heavy atom. The zero-order valence-electron chi connectivity index (χ0n) is 10.7. The van der Waals surface area contributed by atoms with Gasteiger partial charge < -0.3 is 15.8 Å². The summed E-state index contributed by atoms with van der Waals surface area (Å²) in [6.45, 7) is 1.81. The van der Waals surface area contributed by atoms with Crippen LogP contribution in [-0.4, -0.2) is 34.9 Å². The van der Waals surface area contributed by atoms with Crippen LogP contribution < -0.4 is 5.73 Å². The number of carbonyl (C=O) groups is 1. The van der Waals surface area contributed by atoms with E-state index in [1.807, 2.05) is 0 Å². The Balaban J connectivity index is 3.12. The molecule has 0 unspecified atom stereocenters. The number of oxime groups is 1. The Bertz CT molecular complexity index is 514. The summed E-state index contributed by atoms with van der Waals surface area (Å²) in [6.07, 6.45) is 0.560. The number of amidine groups is 1. The molecule has 3 N–H and O–H groups in total. The van der Waals surface area contributed by atoms with Gasteiger partial charge in [0.05, 0.1) is 6.54 Å². The number of carbonyl (C=O) groups excluding carboxylic acids is 1. The standard InChI is InChI=1S/C12H14BrF2N3O2/c1-2-3-18(6-10(16)17-20)12(19)11-8(14)4-7(13)5-9(11)15/h4-5,20H,2-3,6H2,1H3,(H2,16,17). The highest BCUT2D eigenvalue weighted by Gasteiger charge is 2.24. The van der Waals surface area contributed by atoms with Gasteiger partial charge in [-0.3, -0.25) is 4.79 Å². The second kappa shape index (κ2) is 7.18. The Kier molecular flexibility index (Phi) is 5.87. The number of amides is 1. The summed E-state index contributed by atoms with van der Waals surface area (Å²) in [6, 6.07) is 2.01. The maximum atomic E-state index is 13.8. The average molecular weight is 350 g/mol. The van der Waals surface area contributed by atoms with E-state index in [0.717, 1.165) is 17.0 Å². The van der Waals surface area contributed by atoms with E-state index >= 15 is 0 Å². The van der Waals surface area contributed by atoms with Gasteiger partial charge in [0.25, 0.3) is 5.91 Å². The molecule has 0 atom stereocenters. The lowest BCUT2D eigenvalue weighted by Gasteiger charge is -2.22. The third-order valence-electron chi connectivity index (χ3n) is 2.48. The molecule has 0 aromatic heterocycles. The molecular formula is C12H14BrF2N3O2. The summed E-state index contributed by atoms with van der Waals surface area (Å²) in [5, 5.41) is 11.3. The van der Waals surface area contributed by atoms with Crippen LogP contribution in [0.5, 0.6) is 0 Å². The maximum absolute atomic E-state index is 13.8. The number of halogens is 3. The molecule has 0 aliphatic carbocycles. The predicted molar refractivity (Wildman–Crippen MR) is 73.7 cm³/mol. The van der Waals surface area contributed by atoms with Crippen molar-refractivity contribution in [3.05, 3.63) is 33.8 Å². The van der Waals surface area contributed by atoms with E-state index in [-0.39, 0.29) is 23.4 Å². The van der Waals surface area contributed by atoms with Crippen LogP contribution in [0.15, 0.2) is 21.8 Å². The predicted octanol–water partition coefficient (Wildman–Crippen LogP) is 2.33. The van der Waals surface area contributed by atoms with Crippen LogP contribution in [-0.2, 0) is 0 Å². The van der Waals surface area contributed by atoms with Crippen LogP contribution in [0.1, 0.15) is 23.7 Å². The second-order valence-electron chi connectivity index (χ2n) is 4.06. The minimum absolute atomic E-state index is 0.197. The summed E-state index contributed by atoms with van der Waals surface area (Å²) < 4.78 is 27.7. The van der Waals surface area contributed by atoms with Crippen LogP contribution in [0.2, 0.25) is 0 Å². The van der Waals surface area contributed by atoms with Gasteiger partial charge in [0.2, 0.25) is 0 Å². The van der Waals surface area contributed by atoms with Crippen molar-refractivity contribution < 1.29 is 18.8 Å². The molecule has 5 nitrogen and oxygen atoms in total. The molecule has 0 radical (unpaired) electrons. The van der Waals surface area contributed by atoms with Crippen LogP contribution in [0.4, 0.5) is 8.78 Å². The van der Waals surface area contributed by atoms with E-state index in [4.69, 9.17) is 10.9 Å². The summed E-state index contributed by atoms with van der Waals surface area (Å²) in [5.74, 6) is -3.00. The summed E-state index contributed by atoms with van der Waals surface area (Å²) in [5.41, 5.74) is 4.67. The van der Waals surface area contributed by atoms with Gasteiger partial charge in [-0.15, -0.1) is 0 Å². The quantitative estimate of drug-likeness (QED) is 0.370. The molecule has 1 aromatic carbocycles.